The fraction of sp³-hybridized carbons (Fsp3) is 0.0667. The normalized spacial score (nSPS) is 10.8. The monoisotopic (exact) mass is 335 g/mol. The van der Waals surface area contributed by atoms with Gasteiger partial charge in [0.05, 0.1) is 27.7 Å². The van der Waals surface area contributed by atoms with Crippen LogP contribution < -0.4 is 0 Å². The van der Waals surface area contributed by atoms with Crippen molar-refractivity contribution in [3.63, 3.8) is 0 Å². The van der Waals surface area contributed by atoms with Crippen molar-refractivity contribution in [2.45, 2.75) is 5.88 Å². The number of para-hydroxylation sites is 1. The molecule has 0 aliphatic rings. The van der Waals surface area contributed by atoms with Crippen molar-refractivity contribution in [2.75, 3.05) is 0 Å². The van der Waals surface area contributed by atoms with E-state index < -0.39 is 0 Å². The smallest absolute Gasteiger partial charge is 0.129 e. The maximum atomic E-state index is 9.19. The summed E-state index contributed by atoms with van der Waals surface area (Å²) in [5.74, 6) is 0.831. The van der Waals surface area contributed by atoms with Crippen molar-refractivity contribution in [3.05, 3.63) is 57.8 Å². The summed E-state index contributed by atoms with van der Waals surface area (Å²) in [7, 11) is 0. The van der Waals surface area contributed by atoms with Gasteiger partial charge in [-0.3, -0.25) is 4.57 Å². The lowest BCUT2D eigenvalue weighted by Crippen LogP contribution is -2.00. The number of hydrogen-bond acceptors (Lipinski definition) is 2. The van der Waals surface area contributed by atoms with Gasteiger partial charge in [-0.2, -0.15) is 5.26 Å². The first-order chi connectivity index (χ1) is 10.2. The zero-order valence-corrected chi connectivity index (χ0v) is 12.9. The van der Waals surface area contributed by atoms with Crippen molar-refractivity contribution < 1.29 is 0 Å². The molecule has 0 fully saturated rings. The predicted octanol–water partition coefficient (Wildman–Crippen LogP) is 4.94. The summed E-state index contributed by atoms with van der Waals surface area (Å²) in [5.41, 5.74) is 2.63. The summed E-state index contributed by atoms with van der Waals surface area (Å²) in [6.07, 6.45) is 0. The lowest BCUT2D eigenvalue weighted by Gasteiger charge is -2.10. The topological polar surface area (TPSA) is 41.6 Å². The Morgan fingerprint density at radius 3 is 2.67 bits per heavy atom. The number of fused-ring (bicyclic) bond motifs is 1. The minimum Gasteiger partial charge on any atom is -0.294 e. The fourth-order valence-electron chi connectivity index (χ4n) is 2.26. The van der Waals surface area contributed by atoms with E-state index in [9.17, 15) is 5.26 Å². The standard InChI is InChI=1S/C15H8Cl3N3/c16-7-14-20-15-9(8-19)2-1-3-13(15)21(14)12-5-4-10(17)6-11(12)18/h1-6H,7H2. The van der Waals surface area contributed by atoms with Crippen LogP contribution in [0.4, 0.5) is 0 Å². The lowest BCUT2D eigenvalue weighted by molar-refractivity contribution is 0.982. The molecule has 0 unspecified atom stereocenters. The van der Waals surface area contributed by atoms with Crippen LogP contribution in [0.15, 0.2) is 36.4 Å². The van der Waals surface area contributed by atoms with Crippen LogP contribution in [0, 0.1) is 11.3 Å². The van der Waals surface area contributed by atoms with Crippen LogP contribution in [0.5, 0.6) is 0 Å². The second-order valence-electron chi connectivity index (χ2n) is 4.38. The predicted molar refractivity (Wildman–Crippen MR) is 85.4 cm³/mol. The average molecular weight is 337 g/mol. The number of halogens is 3. The van der Waals surface area contributed by atoms with Crippen LogP contribution in [-0.2, 0) is 5.88 Å². The minimum atomic E-state index is 0.207. The van der Waals surface area contributed by atoms with Crippen LogP contribution in [0.25, 0.3) is 16.7 Å². The van der Waals surface area contributed by atoms with Crippen molar-refractivity contribution in [2.24, 2.45) is 0 Å². The molecule has 3 rings (SSSR count). The van der Waals surface area contributed by atoms with E-state index >= 15 is 0 Å². The highest BCUT2D eigenvalue weighted by Crippen LogP contribution is 2.30. The Balaban J connectivity index is 2.39. The molecule has 0 aliphatic carbocycles. The van der Waals surface area contributed by atoms with Gasteiger partial charge in [-0.25, -0.2) is 4.98 Å². The van der Waals surface area contributed by atoms with E-state index in [1.54, 1.807) is 30.3 Å². The molecule has 0 saturated heterocycles. The van der Waals surface area contributed by atoms with Gasteiger partial charge in [0.15, 0.2) is 0 Å². The Kier molecular flexibility index (Phi) is 3.77. The molecule has 6 heteroatoms. The molecule has 0 spiro atoms. The van der Waals surface area contributed by atoms with E-state index in [0.29, 0.717) is 26.9 Å². The van der Waals surface area contributed by atoms with Gasteiger partial charge in [0, 0.05) is 5.02 Å². The fourth-order valence-corrected chi connectivity index (χ4v) is 2.93. The third-order valence-electron chi connectivity index (χ3n) is 3.15. The zero-order valence-electron chi connectivity index (χ0n) is 10.6. The molecular formula is C15H8Cl3N3. The molecular weight excluding hydrogens is 329 g/mol. The second kappa shape index (κ2) is 5.57. The first kappa shape index (κ1) is 14.2. The summed E-state index contributed by atoms with van der Waals surface area (Å²) in [5, 5.41) is 10.2. The van der Waals surface area contributed by atoms with Gasteiger partial charge in [-0.1, -0.05) is 29.3 Å². The van der Waals surface area contributed by atoms with E-state index in [1.165, 1.54) is 0 Å². The second-order valence-corrected chi connectivity index (χ2v) is 5.49. The van der Waals surface area contributed by atoms with Gasteiger partial charge in [0.1, 0.15) is 17.4 Å². The highest BCUT2D eigenvalue weighted by molar-refractivity contribution is 6.35. The summed E-state index contributed by atoms with van der Waals surface area (Å²) in [4.78, 5) is 4.46. The first-order valence-electron chi connectivity index (χ1n) is 6.07. The van der Waals surface area contributed by atoms with Crippen LogP contribution in [-0.4, -0.2) is 9.55 Å². The SMILES string of the molecule is N#Cc1cccc2c1nc(CCl)n2-c1ccc(Cl)cc1Cl. The number of nitriles is 1. The molecule has 0 aliphatic heterocycles. The van der Waals surface area contributed by atoms with E-state index in [-0.39, 0.29) is 5.88 Å². The largest absolute Gasteiger partial charge is 0.294 e. The van der Waals surface area contributed by atoms with E-state index in [0.717, 1.165) is 11.2 Å². The zero-order chi connectivity index (χ0) is 15.0. The molecule has 104 valence electrons. The molecule has 3 nitrogen and oxygen atoms in total. The number of benzene rings is 2. The Hall–Kier alpha value is -1.73. The summed E-state index contributed by atoms with van der Waals surface area (Å²) in [6.45, 7) is 0. The molecule has 0 saturated carbocycles. The molecule has 21 heavy (non-hydrogen) atoms. The summed E-state index contributed by atoms with van der Waals surface area (Å²) >= 11 is 18.2. The van der Waals surface area contributed by atoms with Gasteiger partial charge in [-0.05, 0) is 30.3 Å². The third kappa shape index (κ3) is 2.36. The summed E-state index contributed by atoms with van der Waals surface area (Å²) in [6, 6.07) is 12.8. The number of hydrogen-bond donors (Lipinski definition) is 0. The molecule has 2 aromatic carbocycles. The number of imidazole rings is 1. The highest BCUT2D eigenvalue weighted by atomic mass is 35.5. The van der Waals surface area contributed by atoms with Crippen LogP contribution in [0.3, 0.4) is 0 Å². The third-order valence-corrected chi connectivity index (χ3v) is 3.92. The molecule has 0 bridgehead atoms. The maximum Gasteiger partial charge on any atom is 0.129 e. The van der Waals surface area contributed by atoms with Gasteiger partial charge in [0.25, 0.3) is 0 Å². The number of nitrogens with zero attached hydrogens (tertiary/aromatic N) is 3. The molecule has 0 amide bonds. The number of rotatable bonds is 2. The quantitative estimate of drug-likeness (QED) is 0.622. The molecule has 0 N–H and O–H groups in total. The van der Waals surface area contributed by atoms with Gasteiger partial charge >= 0.3 is 0 Å². The number of aromatic nitrogens is 2. The number of alkyl halides is 1. The maximum absolute atomic E-state index is 9.19. The van der Waals surface area contributed by atoms with E-state index in [2.05, 4.69) is 11.1 Å². The van der Waals surface area contributed by atoms with Crippen LogP contribution in [0.2, 0.25) is 10.0 Å². The molecule has 0 atom stereocenters. The van der Waals surface area contributed by atoms with Crippen molar-refractivity contribution in [3.8, 4) is 11.8 Å². The Morgan fingerprint density at radius 1 is 1.19 bits per heavy atom. The van der Waals surface area contributed by atoms with Gasteiger partial charge < -0.3 is 0 Å². The highest BCUT2D eigenvalue weighted by Gasteiger charge is 2.16. The van der Waals surface area contributed by atoms with Crippen molar-refractivity contribution in [1.29, 1.82) is 5.26 Å². The Morgan fingerprint density at radius 2 is 2.00 bits per heavy atom. The van der Waals surface area contributed by atoms with Crippen LogP contribution >= 0.6 is 34.8 Å². The van der Waals surface area contributed by atoms with Crippen LogP contribution in [0.1, 0.15) is 11.4 Å². The average Bonchev–Trinajstić information content (AvgIpc) is 2.85. The molecule has 1 aromatic heterocycles. The summed E-state index contributed by atoms with van der Waals surface area (Å²) < 4.78 is 1.85. The lowest BCUT2D eigenvalue weighted by atomic mass is 10.2. The van der Waals surface area contributed by atoms with Gasteiger partial charge in [-0.15, -0.1) is 11.6 Å². The van der Waals surface area contributed by atoms with Crippen molar-refractivity contribution in [1.82, 2.24) is 9.55 Å². The Bertz CT molecular complexity index is 878. The van der Waals surface area contributed by atoms with E-state index in [1.807, 2.05) is 10.6 Å². The molecule has 0 radical (unpaired) electrons. The minimum absolute atomic E-state index is 0.207. The Labute approximate surface area is 136 Å². The molecule has 3 aromatic rings. The van der Waals surface area contributed by atoms with Crippen molar-refractivity contribution >= 4 is 45.8 Å². The van der Waals surface area contributed by atoms with E-state index in [4.69, 9.17) is 34.8 Å². The van der Waals surface area contributed by atoms with Gasteiger partial charge in [0.2, 0.25) is 0 Å². The molecule has 1 heterocycles. The first-order valence-corrected chi connectivity index (χ1v) is 7.36.